The van der Waals surface area contributed by atoms with Crippen LogP contribution in [-0.2, 0) is 0 Å². The summed E-state index contributed by atoms with van der Waals surface area (Å²) in [5.41, 5.74) is 2.90. The Morgan fingerprint density at radius 3 is 1.82 bits per heavy atom. The van der Waals surface area contributed by atoms with E-state index < -0.39 is 5.97 Å². The molecule has 0 atom stereocenters. The Kier molecular flexibility index (Phi) is 3.62. The molecular weight excluding hydrogens is 276 g/mol. The van der Waals surface area contributed by atoms with Gasteiger partial charge in [0.05, 0.1) is 0 Å². The van der Waals surface area contributed by atoms with Crippen molar-refractivity contribution in [3.05, 3.63) is 78.4 Å². The van der Waals surface area contributed by atoms with E-state index in [1.807, 2.05) is 60.7 Å². The van der Waals surface area contributed by atoms with E-state index in [2.05, 4.69) is 0 Å². The third kappa shape index (κ3) is 2.44. The summed E-state index contributed by atoms with van der Waals surface area (Å²) in [5, 5.41) is 19.5. The average Bonchev–Trinajstić information content (AvgIpc) is 2.56. The molecule has 0 aliphatic carbocycles. The van der Waals surface area contributed by atoms with Crippen molar-refractivity contribution in [2.45, 2.75) is 0 Å². The molecule has 2 N–H and O–H groups in total. The average molecular weight is 290 g/mol. The molecule has 3 heteroatoms. The van der Waals surface area contributed by atoms with Gasteiger partial charge < -0.3 is 10.2 Å². The van der Waals surface area contributed by atoms with E-state index in [1.165, 1.54) is 6.07 Å². The lowest BCUT2D eigenvalue weighted by molar-refractivity contribution is 0.0694. The van der Waals surface area contributed by atoms with Crippen molar-refractivity contribution in [2.24, 2.45) is 0 Å². The van der Waals surface area contributed by atoms with Crippen LogP contribution in [0.1, 0.15) is 10.4 Å². The maximum absolute atomic E-state index is 11.6. The maximum atomic E-state index is 11.6. The molecule has 0 bridgehead atoms. The second-order valence-corrected chi connectivity index (χ2v) is 4.92. The topological polar surface area (TPSA) is 57.5 Å². The smallest absolute Gasteiger partial charge is 0.340 e. The molecule has 0 saturated carbocycles. The van der Waals surface area contributed by atoms with Gasteiger partial charge in [-0.15, -0.1) is 0 Å². The number of carbonyl (C=O) groups is 1. The van der Waals surface area contributed by atoms with E-state index in [0.29, 0.717) is 5.56 Å². The van der Waals surface area contributed by atoms with Crippen molar-refractivity contribution in [1.82, 2.24) is 0 Å². The highest BCUT2D eigenvalue weighted by atomic mass is 16.4. The van der Waals surface area contributed by atoms with Crippen LogP contribution in [0.5, 0.6) is 5.75 Å². The number of benzene rings is 3. The molecule has 3 aromatic rings. The molecule has 0 radical (unpaired) electrons. The predicted octanol–water partition coefficient (Wildman–Crippen LogP) is 4.42. The van der Waals surface area contributed by atoms with Crippen molar-refractivity contribution >= 4 is 5.97 Å². The first-order chi connectivity index (χ1) is 10.7. The molecule has 0 fully saturated rings. The Bertz CT molecular complexity index is 809. The van der Waals surface area contributed by atoms with E-state index in [-0.39, 0.29) is 11.3 Å². The predicted molar refractivity (Wildman–Crippen MR) is 85.9 cm³/mol. The number of aromatic hydroxyl groups is 1. The van der Waals surface area contributed by atoms with E-state index in [1.54, 1.807) is 6.07 Å². The molecule has 0 amide bonds. The van der Waals surface area contributed by atoms with Crippen LogP contribution in [0.3, 0.4) is 0 Å². The van der Waals surface area contributed by atoms with Gasteiger partial charge in [0.15, 0.2) is 0 Å². The van der Waals surface area contributed by atoms with E-state index >= 15 is 0 Å². The van der Waals surface area contributed by atoms with Gasteiger partial charge in [0.1, 0.15) is 11.3 Å². The molecule has 0 aromatic heterocycles. The van der Waals surface area contributed by atoms with Crippen LogP contribution in [0.25, 0.3) is 22.3 Å². The molecule has 3 rings (SSSR count). The fraction of sp³-hybridized carbons (Fsp3) is 0. The minimum absolute atomic E-state index is 0.0763. The van der Waals surface area contributed by atoms with Crippen molar-refractivity contribution in [3.8, 4) is 28.0 Å². The van der Waals surface area contributed by atoms with E-state index in [4.69, 9.17) is 0 Å². The van der Waals surface area contributed by atoms with E-state index in [0.717, 1.165) is 16.7 Å². The molecule has 22 heavy (non-hydrogen) atoms. The maximum Gasteiger partial charge on any atom is 0.340 e. The fourth-order valence-electron chi connectivity index (χ4n) is 2.57. The Hall–Kier alpha value is -3.07. The van der Waals surface area contributed by atoms with Crippen LogP contribution < -0.4 is 0 Å². The van der Waals surface area contributed by atoms with E-state index in [9.17, 15) is 15.0 Å². The summed E-state index contributed by atoms with van der Waals surface area (Å²) in [5.74, 6) is -1.37. The third-order valence-corrected chi connectivity index (χ3v) is 3.54. The van der Waals surface area contributed by atoms with Gasteiger partial charge in [-0.2, -0.15) is 0 Å². The highest BCUT2D eigenvalue weighted by molar-refractivity contribution is 6.03. The summed E-state index contributed by atoms with van der Waals surface area (Å²) in [6.07, 6.45) is 0. The fourth-order valence-corrected chi connectivity index (χ4v) is 2.57. The lowest BCUT2D eigenvalue weighted by Crippen LogP contribution is -2.02. The van der Waals surface area contributed by atoms with Crippen LogP contribution in [0.15, 0.2) is 72.8 Å². The molecule has 0 saturated heterocycles. The molecule has 0 heterocycles. The normalized spacial score (nSPS) is 10.4. The van der Waals surface area contributed by atoms with Gasteiger partial charge in [-0.25, -0.2) is 4.79 Å². The van der Waals surface area contributed by atoms with Crippen LogP contribution in [0.2, 0.25) is 0 Å². The van der Waals surface area contributed by atoms with Gasteiger partial charge in [-0.1, -0.05) is 66.7 Å². The Morgan fingerprint density at radius 2 is 1.27 bits per heavy atom. The number of rotatable bonds is 3. The molecule has 108 valence electrons. The van der Waals surface area contributed by atoms with Crippen LogP contribution in [0, 0.1) is 0 Å². The first-order valence-electron chi connectivity index (χ1n) is 6.88. The zero-order valence-electron chi connectivity index (χ0n) is 11.7. The summed E-state index contributed by atoms with van der Waals surface area (Å²) in [4.78, 5) is 11.6. The van der Waals surface area contributed by atoms with Crippen molar-refractivity contribution < 1.29 is 15.0 Å². The lowest BCUT2D eigenvalue weighted by Gasteiger charge is -2.14. The standard InChI is InChI=1S/C19H14O3/c20-16-12-11-15(13-7-3-1-4-8-13)17(18(16)19(21)22)14-9-5-2-6-10-14/h1-12,20H,(H,21,22). The van der Waals surface area contributed by atoms with Gasteiger partial charge >= 0.3 is 5.97 Å². The Balaban J connectivity index is 2.37. The molecular formula is C19H14O3. The van der Waals surface area contributed by atoms with Crippen LogP contribution in [-0.4, -0.2) is 16.2 Å². The van der Waals surface area contributed by atoms with Gasteiger partial charge in [0, 0.05) is 5.56 Å². The largest absolute Gasteiger partial charge is 0.507 e. The molecule has 3 nitrogen and oxygen atoms in total. The highest BCUT2D eigenvalue weighted by Crippen LogP contribution is 2.38. The zero-order valence-corrected chi connectivity index (χ0v) is 11.7. The first-order valence-corrected chi connectivity index (χ1v) is 6.88. The Labute approximate surface area is 128 Å². The van der Waals surface area contributed by atoms with Crippen molar-refractivity contribution in [3.63, 3.8) is 0 Å². The van der Waals surface area contributed by atoms with Gasteiger partial charge in [0.2, 0.25) is 0 Å². The van der Waals surface area contributed by atoms with Crippen molar-refractivity contribution in [2.75, 3.05) is 0 Å². The summed E-state index contributed by atoms with van der Waals surface area (Å²) in [6.45, 7) is 0. The monoisotopic (exact) mass is 290 g/mol. The summed E-state index contributed by atoms with van der Waals surface area (Å²) in [6, 6.07) is 22.0. The minimum atomic E-state index is -1.14. The first kappa shape index (κ1) is 13.9. The second kappa shape index (κ2) is 5.74. The number of carboxylic acids is 1. The van der Waals surface area contributed by atoms with Crippen LogP contribution >= 0.6 is 0 Å². The lowest BCUT2D eigenvalue weighted by atomic mass is 9.90. The summed E-state index contributed by atoms with van der Waals surface area (Å²) < 4.78 is 0. The van der Waals surface area contributed by atoms with Crippen LogP contribution in [0.4, 0.5) is 0 Å². The minimum Gasteiger partial charge on any atom is -0.507 e. The molecule has 3 aromatic carbocycles. The highest BCUT2D eigenvalue weighted by Gasteiger charge is 2.20. The molecule has 0 unspecified atom stereocenters. The second-order valence-electron chi connectivity index (χ2n) is 4.92. The van der Waals surface area contributed by atoms with Gasteiger partial charge in [-0.3, -0.25) is 0 Å². The SMILES string of the molecule is O=C(O)c1c(O)ccc(-c2ccccc2)c1-c1ccccc1. The Morgan fingerprint density at radius 1 is 0.727 bits per heavy atom. The molecule has 0 spiro atoms. The van der Waals surface area contributed by atoms with Gasteiger partial charge in [-0.05, 0) is 22.8 Å². The summed E-state index contributed by atoms with van der Waals surface area (Å²) >= 11 is 0. The quantitative estimate of drug-likeness (QED) is 0.750. The number of hydrogen-bond donors (Lipinski definition) is 2. The molecule has 0 aliphatic heterocycles. The van der Waals surface area contributed by atoms with Gasteiger partial charge in [0.25, 0.3) is 0 Å². The third-order valence-electron chi connectivity index (χ3n) is 3.54. The van der Waals surface area contributed by atoms with Crippen molar-refractivity contribution in [1.29, 1.82) is 0 Å². The molecule has 0 aliphatic rings. The summed E-state index contributed by atoms with van der Waals surface area (Å²) in [7, 11) is 0. The number of aromatic carboxylic acids is 1. The number of hydrogen-bond acceptors (Lipinski definition) is 2. The number of carboxylic acid groups (broad SMARTS) is 1. The number of phenols is 1. The zero-order chi connectivity index (χ0) is 15.5.